The molecule has 0 spiro atoms. The molecule has 5 rings (SSSR count). The maximum Gasteiger partial charge on any atom is 0.348 e. The van der Waals surface area contributed by atoms with Gasteiger partial charge in [0.1, 0.15) is 0 Å². The molecular weight excluding hydrogens is 516 g/mol. The maximum atomic E-state index is 13.2. The maximum absolute atomic E-state index is 13.2. The van der Waals surface area contributed by atoms with Gasteiger partial charge in [-0.05, 0) is 34.0 Å². The highest BCUT2D eigenvalue weighted by Gasteiger charge is 2.42. The highest BCUT2D eigenvalue weighted by atomic mass is 32.2. The lowest BCUT2D eigenvalue weighted by Gasteiger charge is -2.34. The number of rotatable bonds is 7. The fraction of sp³-hybridized carbons (Fsp3) is 0.200. The zero-order valence-electron chi connectivity index (χ0n) is 21.1. The van der Waals surface area contributed by atoms with Crippen LogP contribution in [-0.2, 0) is 30.0 Å². The van der Waals surface area contributed by atoms with Gasteiger partial charge in [-0.25, -0.2) is 13.2 Å². The zero-order valence-corrected chi connectivity index (χ0v) is 22.0. The quantitative estimate of drug-likeness (QED) is 0.359. The summed E-state index contributed by atoms with van der Waals surface area (Å²) in [6, 6.07) is 29.4. The molecule has 9 heteroatoms. The van der Waals surface area contributed by atoms with Gasteiger partial charge in [-0.15, -0.1) is 0 Å². The van der Waals surface area contributed by atoms with Gasteiger partial charge in [0.25, 0.3) is 5.91 Å². The van der Waals surface area contributed by atoms with Gasteiger partial charge in [-0.2, -0.15) is 4.31 Å². The summed E-state index contributed by atoms with van der Waals surface area (Å²) in [6.07, 6.45) is 0. The van der Waals surface area contributed by atoms with Crippen molar-refractivity contribution in [2.75, 3.05) is 32.8 Å². The SMILES string of the molecule is O=C(COC(=O)C(O)(c1ccccc1)c1ccccc1)N1CCN(S(=O)(=O)c2ccc3ccccc3c2)CC1. The molecule has 1 aliphatic heterocycles. The summed E-state index contributed by atoms with van der Waals surface area (Å²) in [5.41, 5.74) is -1.45. The number of carbonyl (C=O) groups is 2. The van der Waals surface area contributed by atoms with Crippen LogP contribution in [0.25, 0.3) is 10.8 Å². The van der Waals surface area contributed by atoms with E-state index < -0.39 is 34.1 Å². The molecular formula is C30H28N2O6S. The number of fused-ring (bicyclic) bond motifs is 1. The largest absolute Gasteiger partial charge is 0.453 e. The molecule has 200 valence electrons. The molecule has 1 amide bonds. The molecule has 8 nitrogen and oxygen atoms in total. The van der Waals surface area contributed by atoms with E-state index in [1.54, 1.807) is 78.9 Å². The van der Waals surface area contributed by atoms with Gasteiger partial charge < -0.3 is 14.7 Å². The Hall–Kier alpha value is -4.05. The van der Waals surface area contributed by atoms with Gasteiger partial charge in [0.15, 0.2) is 6.61 Å². The van der Waals surface area contributed by atoms with Crippen LogP contribution >= 0.6 is 0 Å². The fourth-order valence-electron chi connectivity index (χ4n) is 4.74. The summed E-state index contributed by atoms with van der Waals surface area (Å²) in [5, 5.41) is 13.3. The second kappa shape index (κ2) is 11.0. The average Bonchev–Trinajstić information content (AvgIpc) is 3.00. The number of sulfonamides is 1. The molecule has 1 fully saturated rings. The predicted octanol–water partition coefficient (Wildman–Crippen LogP) is 3.15. The van der Waals surface area contributed by atoms with E-state index in [1.807, 2.05) is 24.3 Å². The number of carbonyl (C=O) groups excluding carboxylic acids is 2. The van der Waals surface area contributed by atoms with Crippen molar-refractivity contribution in [3.8, 4) is 0 Å². The first-order valence-corrected chi connectivity index (χ1v) is 14.0. The molecule has 0 bridgehead atoms. The summed E-state index contributed by atoms with van der Waals surface area (Å²) >= 11 is 0. The van der Waals surface area contributed by atoms with Crippen molar-refractivity contribution < 1.29 is 27.9 Å². The third-order valence-electron chi connectivity index (χ3n) is 6.96. The molecule has 4 aromatic carbocycles. The number of hydrogen-bond acceptors (Lipinski definition) is 6. The number of piperazine rings is 1. The molecule has 1 heterocycles. The van der Waals surface area contributed by atoms with E-state index in [9.17, 15) is 23.1 Å². The molecule has 1 N–H and O–H groups in total. The normalized spacial score (nSPS) is 14.7. The van der Waals surface area contributed by atoms with Gasteiger partial charge >= 0.3 is 5.97 Å². The second-order valence-corrected chi connectivity index (χ2v) is 11.3. The van der Waals surface area contributed by atoms with Crippen LogP contribution in [0.1, 0.15) is 11.1 Å². The van der Waals surface area contributed by atoms with Gasteiger partial charge in [-0.1, -0.05) is 91.0 Å². The number of aliphatic hydroxyl groups is 1. The minimum atomic E-state index is -3.73. The number of hydrogen-bond donors (Lipinski definition) is 1. The van der Waals surface area contributed by atoms with Crippen LogP contribution in [0.15, 0.2) is 108 Å². The van der Waals surface area contributed by atoms with E-state index in [0.29, 0.717) is 11.1 Å². The number of amides is 1. The Bertz CT molecular complexity index is 1540. The van der Waals surface area contributed by atoms with E-state index in [4.69, 9.17) is 4.74 Å². The van der Waals surface area contributed by atoms with Gasteiger partial charge in [0, 0.05) is 26.2 Å². The molecule has 1 saturated heterocycles. The van der Waals surface area contributed by atoms with Crippen LogP contribution in [0, 0.1) is 0 Å². The third-order valence-corrected chi connectivity index (χ3v) is 8.85. The predicted molar refractivity (Wildman–Crippen MR) is 146 cm³/mol. The lowest BCUT2D eigenvalue weighted by Crippen LogP contribution is -2.51. The monoisotopic (exact) mass is 544 g/mol. The van der Waals surface area contributed by atoms with Crippen LogP contribution in [-0.4, -0.2) is 67.4 Å². The highest BCUT2D eigenvalue weighted by molar-refractivity contribution is 7.89. The molecule has 4 aromatic rings. The molecule has 0 radical (unpaired) electrons. The minimum Gasteiger partial charge on any atom is -0.453 e. The fourth-order valence-corrected chi connectivity index (χ4v) is 6.20. The highest BCUT2D eigenvalue weighted by Crippen LogP contribution is 2.31. The lowest BCUT2D eigenvalue weighted by molar-refractivity contribution is -0.166. The Morgan fingerprint density at radius 3 is 1.87 bits per heavy atom. The average molecular weight is 545 g/mol. The van der Waals surface area contributed by atoms with Gasteiger partial charge in [0.2, 0.25) is 15.6 Å². The van der Waals surface area contributed by atoms with Crippen molar-refractivity contribution in [2.24, 2.45) is 0 Å². The molecule has 0 saturated carbocycles. The molecule has 0 aliphatic carbocycles. The summed E-state index contributed by atoms with van der Waals surface area (Å²) in [7, 11) is -3.73. The Kier molecular flexibility index (Phi) is 7.47. The summed E-state index contributed by atoms with van der Waals surface area (Å²) in [4.78, 5) is 27.7. The third kappa shape index (κ3) is 5.29. The molecule has 0 atom stereocenters. The van der Waals surface area contributed by atoms with Crippen LogP contribution in [0.5, 0.6) is 0 Å². The van der Waals surface area contributed by atoms with Crippen LogP contribution in [0.2, 0.25) is 0 Å². The molecule has 1 aliphatic rings. The summed E-state index contributed by atoms with van der Waals surface area (Å²) in [6.45, 7) is -0.0203. The summed E-state index contributed by atoms with van der Waals surface area (Å²) in [5.74, 6) is -1.43. The topological polar surface area (TPSA) is 104 Å². The molecule has 0 unspecified atom stereocenters. The standard InChI is InChI=1S/C30H28N2O6S/c33-28(22-38-29(34)30(35,25-11-3-1-4-12-25)26-13-5-2-6-14-26)31-17-19-32(20-18-31)39(36,37)27-16-15-23-9-7-8-10-24(23)21-27/h1-16,21,35H,17-20,22H2. The van der Waals surface area contributed by atoms with E-state index in [1.165, 1.54) is 9.21 Å². The zero-order chi connectivity index (χ0) is 27.5. The smallest absolute Gasteiger partial charge is 0.348 e. The van der Waals surface area contributed by atoms with Crippen molar-refractivity contribution in [1.82, 2.24) is 9.21 Å². The lowest BCUT2D eigenvalue weighted by atomic mass is 9.86. The van der Waals surface area contributed by atoms with Crippen LogP contribution < -0.4 is 0 Å². The van der Waals surface area contributed by atoms with Crippen molar-refractivity contribution in [2.45, 2.75) is 10.5 Å². The Balaban J connectivity index is 1.22. The van der Waals surface area contributed by atoms with E-state index in [0.717, 1.165) is 10.8 Å². The Labute approximate surface area is 227 Å². The second-order valence-electron chi connectivity index (χ2n) is 9.31. The van der Waals surface area contributed by atoms with Crippen molar-refractivity contribution in [3.05, 3.63) is 114 Å². The Morgan fingerprint density at radius 2 is 1.28 bits per heavy atom. The van der Waals surface area contributed by atoms with Crippen molar-refractivity contribution >= 4 is 32.7 Å². The van der Waals surface area contributed by atoms with Gasteiger partial charge in [-0.3, -0.25) is 4.79 Å². The molecule has 39 heavy (non-hydrogen) atoms. The summed E-state index contributed by atoms with van der Waals surface area (Å²) < 4.78 is 33.1. The van der Waals surface area contributed by atoms with E-state index >= 15 is 0 Å². The van der Waals surface area contributed by atoms with E-state index in [2.05, 4.69) is 0 Å². The van der Waals surface area contributed by atoms with Crippen LogP contribution in [0.3, 0.4) is 0 Å². The first-order chi connectivity index (χ1) is 18.8. The van der Waals surface area contributed by atoms with Gasteiger partial charge in [0.05, 0.1) is 4.90 Å². The number of esters is 1. The first-order valence-electron chi connectivity index (χ1n) is 12.6. The van der Waals surface area contributed by atoms with Crippen molar-refractivity contribution in [1.29, 1.82) is 0 Å². The first kappa shape index (κ1) is 26.6. The number of benzene rings is 4. The molecule has 0 aromatic heterocycles. The van der Waals surface area contributed by atoms with Crippen LogP contribution in [0.4, 0.5) is 0 Å². The van der Waals surface area contributed by atoms with Crippen molar-refractivity contribution in [3.63, 3.8) is 0 Å². The van der Waals surface area contributed by atoms with E-state index in [-0.39, 0.29) is 31.1 Å². The minimum absolute atomic E-state index is 0.118. The number of ether oxygens (including phenoxy) is 1. The Morgan fingerprint density at radius 1 is 0.744 bits per heavy atom. The number of nitrogens with zero attached hydrogens (tertiary/aromatic N) is 2.